The summed E-state index contributed by atoms with van der Waals surface area (Å²) in [6.45, 7) is 3.17. The van der Waals surface area contributed by atoms with Crippen molar-refractivity contribution >= 4 is 0 Å². The van der Waals surface area contributed by atoms with Gasteiger partial charge in [-0.3, -0.25) is 0 Å². The molecule has 1 nitrogen and oxygen atoms in total. The molecule has 0 saturated heterocycles. The molecule has 0 bridgehead atoms. The van der Waals surface area contributed by atoms with Crippen molar-refractivity contribution in [2.75, 3.05) is 0 Å². The molecule has 13 heavy (non-hydrogen) atoms. The first-order chi connectivity index (χ1) is 6.00. The molecule has 1 atom stereocenters. The van der Waals surface area contributed by atoms with Gasteiger partial charge in [0.1, 0.15) is 5.67 Å². The normalized spacial score (nSPS) is 23.1. The average molecular weight is 187 g/mol. The van der Waals surface area contributed by atoms with E-state index in [1.54, 1.807) is 13.8 Å². The lowest BCUT2D eigenvalue weighted by Crippen LogP contribution is -2.41. The van der Waals surface area contributed by atoms with Gasteiger partial charge in [0.25, 0.3) is 0 Å². The van der Waals surface area contributed by atoms with Crippen LogP contribution in [-0.2, 0) is 0 Å². The summed E-state index contributed by atoms with van der Waals surface area (Å²) in [7, 11) is 0. The third-order valence-electron chi connectivity index (χ3n) is 3.19. The standard InChI is InChI=1S/C11H22FN/c1-11(2,12)10(13)8-9-6-4-3-5-7-9/h9-10H,3-8,13H2,1-2H3. The van der Waals surface area contributed by atoms with Crippen LogP contribution in [0.2, 0.25) is 0 Å². The van der Waals surface area contributed by atoms with Crippen LogP contribution in [0.5, 0.6) is 0 Å². The van der Waals surface area contributed by atoms with Crippen LogP contribution in [0.1, 0.15) is 52.4 Å². The molecule has 0 aromatic heterocycles. The minimum absolute atomic E-state index is 0.282. The molecule has 2 N–H and O–H groups in total. The molecule has 1 aliphatic rings. The van der Waals surface area contributed by atoms with Crippen molar-refractivity contribution in [1.29, 1.82) is 0 Å². The molecule has 1 aliphatic carbocycles. The molecule has 1 rings (SSSR count). The van der Waals surface area contributed by atoms with E-state index in [9.17, 15) is 4.39 Å². The van der Waals surface area contributed by atoms with Crippen LogP contribution in [0, 0.1) is 5.92 Å². The molecule has 2 heteroatoms. The van der Waals surface area contributed by atoms with E-state index in [1.165, 1.54) is 32.1 Å². The zero-order chi connectivity index (χ0) is 9.90. The maximum atomic E-state index is 13.4. The summed E-state index contributed by atoms with van der Waals surface area (Å²) >= 11 is 0. The van der Waals surface area contributed by atoms with Crippen molar-refractivity contribution in [3.05, 3.63) is 0 Å². The maximum Gasteiger partial charge on any atom is 0.120 e. The third kappa shape index (κ3) is 3.63. The van der Waals surface area contributed by atoms with E-state index in [2.05, 4.69) is 0 Å². The van der Waals surface area contributed by atoms with Crippen LogP contribution in [0.15, 0.2) is 0 Å². The van der Waals surface area contributed by atoms with Crippen molar-refractivity contribution < 1.29 is 4.39 Å². The van der Waals surface area contributed by atoms with Crippen LogP contribution in [0.4, 0.5) is 4.39 Å². The van der Waals surface area contributed by atoms with Crippen molar-refractivity contribution in [2.24, 2.45) is 11.7 Å². The molecular weight excluding hydrogens is 165 g/mol. The lowest BCUT2D eigenvalue weighted by atomic mass is 9.82. The number of rotatable bonds is 3. The molecule has 0 radical (unpaired) electrons. The molecule has 78 valence electrons. The Kier molecular flexibility index (Phi) is 3.72. The van der Waals surface area contributed by atoms with E-state index >= 15 is 0 Å². The molecule has 0 aromatic rings. The predicted molar refractivity (Wildman–Crippen MR) is 54.4 cm³/mol. The van der Waals surface area contributed by atoms with E-state index < -0.39 is 5.67 Å². The molecule has 0 aromatic carbocycles. The Morgan fingerprint density at radius 3 is 2.31 bits per heavy atom. The molecule has 1 saturated carbocycles. The predicted octanol–water partition coefficient (Wildman–Crippen LogP) is 3.03. The van der Waals surface area contributed by atoms with Gasteiger partial charge >= 0.3 is 0 Å². The zero-order valence-corrected chi connectivity index (χ0v) is 8.85. The molecule has 0 heterocycles. The summed E-state index contributed by atoms with van der Waals surface area (Å²) in [6.07, 6.45) is 7.34. The summed E-state index contributed by atoms with van der Waals surface area (Å²) in [5.41, 5.74) is 4.60. The van der Waals surface area contributed by atoms with Gasteiger partial charge in [0.15, 0.2) is 0 Å². The first-order valence-corrected chi connectivity index (χ1v) is 5.44. The van der Waals surface area contributed by atoms with E-state index in [0.29, 0.717) is 5.92 Å². The number of hydrogen-bond acceptors (Lipinski definition) is 1. The van der Waals surface area contributed by atoms with Crippen LogP contribution in [0.25, 0.3) is 0 Å². The lowest BCUT2D eigenvalue weighted by Gasteiger charge is -2.29. The third-order valence-corrected chi connectivity index (χ3v) is 3.19. The Morgan fingerprint density at radius 2 is 1.85 bits per heavy atom. The number of hydrogen-bond donors (Lipinski definition) is 1. The SMILES string of the molecule is CC(C)(F)C(N)CC1CCCCC1. The average Bonchev–Trinajstić information content (AvgIpc) is 2.04. The summed E-state index contributed by atoms with van der Waals surface area (Å²) in [6, 6.07) is -0.282. The minimum atomic E-state index is -1.21. The van der Waals surface area contributed by atoms with Crippen molar-refractivity contribution in [3.63, 3.8) is 0 Å². The van der Waals surface area contributed by atoms with Crippen LogP contribution in [0.3, 0.4) is 0 Å². The second-order valence-corrected chi connectivity index (χ2v) is 4.91. The second kappa shape index (κ2) is 4.41. The van der Waals surface area contributed by atoms with Gasteiger partial charge in [0.2, 0.25) is 0 Å². The Balaban J connectivity index is 2.30. The number of nitrogens with two attached hydrogens (primary N) is 1. The number of alkyl halides is 1. The molecule has 0 spiro atoms. The van der Waals surface area contributed by atoms with Gasteiger partial charge in [0, 0.05) is 6.04 Å². The highest BCUT2D eigenvalue weighted by Gasteiger charge is 2.28. The lowest BCUT2D eigenvalue weighted by molar-refractivity contribution is 0.146. The van der Waals surface area contributed by atoms with E-state index in [0.717, 1.165) is 6.42 Å². The number of halogens is 1. The van der Waals surface area contributed by atoms with Crippen molar-refractivity contribution in [3.8, 4) is 0 Å². The monoisotopic (exact) mass is 187 g/mol. The van der Waals surface area contributed by atoms with Crippen LogP contribution >= 0.6 is 0 Å². The fraction of sp³-hybridized carbons (Fsp3) is 1.00. The molecular formula is C11H22FN. The second-order valence-electron chi connectivity index (χ2n) is 4.91. The van der Waals surface area contributed by atoms with Gasteiger partial charge in [0.05, 0.1) is 0 Å². The molecule has 0 aliphatic heterocycles. The molecule has 1 fully saturated rings. The van der Waals surface area contributed by atoms with E-state index in [1.807, 2.05) is 0 Å². The fourth-order valence-electron chi connectivity index (χ4n) is 2.06. The topological polar surface area (TPSA) is 26.0 Å². The quantitative estimate of drug-likeness (QED) is 0.722. The van der Waals surface area contributed by atoms with Gasteiger partial charge in [-0.1, -0.05) is 32.1 Å². The minimum Gasteiger partial charge on any atom is -0.325 e. The van der Waals surface area contributed by atoms with Crippen molar-refractivity contribution in [1.82, 2.24) is 0 Å². The van der Waals surface area contributed by atoms with E-state index in [4.69, 9.17) is 5.73 Å². The zero-order valence-electron chi connectivity index (χ0n) is 8.85. The van der Waals surface area contributed by atoms with Gasteiger partial charge in [-0.25, -0.2) is 4.39 Å². The van der Waals surface area contributed by atoms with Gasteiger partial charge in [-0.2, -0.15) is 0 Å². The molecule has 0 amide bonds. The Morgan fingerprint density at radius 1 is 1.31 bits per heavy atom. The Hall–Kier alpha value is -0.110. The van der Waals surface area contributed by atoms with Crippen LogP contribution in [-0.4, -0.2) is 11.7 Å². The first-order valence-electron chi connectivity index (χ1n) is 5.44. The van der Waals surface area contributed by atoms with Crippen LogP contribution < -0.4 is 5.73 Å². The Labute approximate surface area is 80.9 Å². The largest absolute Gasteiger partial charge is 0.325 e. The molecule has 1 unspecified atom stereocenters. The summed E-state index contributed by atoms with van der Waals surface area (Å²) in [4.78, 5) is 0. The maximum absolute atomic E-state index is 13.4. The smallest absolute Gasteiger partial charge is 0.120 e. The Bertz CT molecular complexity index is 145. The summed E-state index contributed by atoms with van der Waals surface area (Å²) < 4.78 is 13.4. The summed E-state index contributed by atoms with van der Waals surface area (Å²) in [5.74, 6) is 0.679. The highest BCUT2D eigenvalue weighted by molar-refractivity contribution is 4.84. The summed E-state index contributed by atoms with van der Waals surface area (Å²) in [5, 5.41) is 0. The highest BCUT2D eigenvalue weighted by Crippen LogP contribution is 2.29. The van der Waals surface area contributed by atoms with E-state index in [-0.39, 0.29) is 6.04 Å². The first kappa shape index (κ1) is 11.0. The van der Waals surface area contributed by atoms with Gasteiger partial charge in [-0.05, 0) is 26.2 Å². The fourth-order valence-corrected chi connectivity index (χ4v) is 2.06. The highest BCUT2D eigenvalue weighted by atomic mass is 19.1. The van der Waals surface area contributed by atoms with Crippen molar-refractivity contribution in [2.45, 2.75) is 64.1 Å². The van der Waals surface area contributed by atoms with Gasteiger partial charge < -0.3 is 5.73 Å². The van der Waals surface area contributed by atoms with Gasteiger partial charge in [-0.15, -0.1) is 0 Å².